The number of aliphatic hydroxyl groups excluding tert-OH is 1. The van der Waals surface area contributed by atoms with Gasteiger partial charge in [-0.05, 0) is 6.92 Å². The Labute approximate surface area is 59.3 Å². The predicted molar refractivity (Wildman–Crippen MR) is 39.8 cm³/mol. The number of oxime groups is 1. The minimum atomic E-state index is -0.651. The van der Waals surface area contributed by atoms with Gasteiger partial charge in [-0.15, -0.1) is 0 Å². The Morgan fingerprint density at radius 2 is 2.44 bits per heavy atom. The van der Waals surface area contributed by atoms with Crippen molar-refractivity contribution in [1.29, 1.82) is 0 Å². The molecular formula is C5H9NO2S. The van der Waals surface area contributed by atoms with E-state index in [0.717, 1.165) is 0 Å². The van der Waals surface area contributed by atoms with Gasteiger partial charge in [0.15, 0.2) is 0 Å². The molecule has 0 heterocycles. The van der Waals surface area contributed by atoms with Crippen LogP contribution in [0.1, 0.15) is 6.92 Å². The second kappa shape index (κ2) is 4.40. The molecule has 0 spiro atoms. The van der Waals surface area contributed by atoms with Crippen molar-refractivity contribution in [3.05, 3.63) is 0 Å². The van der Waals surface area contributed by atoms with Crippen LogP contribution in [0.25, 0.3) is 0 Å². The first kappa shape index (κ1) is 8.52. The van der Waals surface area contributed by atoms with Crippen LogP contribution >= 0.6 is 12.2 Å². The fourth-order valence-corrected chi connectivity index (χ4v) is 0.542. The van der Waals surface area contributed by atoms with Crippen molar-refractivity contribution < 1.29 is 9.94 Å². The van der Waals surface area contributed by atoms with Crippen LogP contribution in [-0.2, 0) is 4.84 Å². The molecule has 1 atom stereocenters. The smallest absolute Gasteiger partial charge is 0.119 e. The third-order valence-corrected chi connectivity index (χ3v) is 0.987. The topological polar surface area (TPSA) is 41.8 Å². The summed E-state index contributed by atoms with van der Waals surface area (Å²) < 4.78 is 0. The van der Waals surface area contributed by atoms with Gasteiger partial charge in [-0.25, -0.2) is 0 Å². The van der Waals surface area contributed by atoms with E-state index in [1.807, 2.05) is 0 Å². The lowest BCUT2D eigenvalue weighted by Crippen LogP contribution is -2.16. The summed E-state index contributed by atoms with van der Waals surface area (Å²) in [6, 6.07) is 0. The largest absolute Gasteiger partial charge is 0.399 e. The van der Waals surface area contributed by atoms with E-state index >= 15 is 0 Å². The summed E-state index contributed by atoms with van der Waals surface area (Å²) in [7, 11) is 1.40. The number of nitrogens with zero attached hydrogens (tertiary/aromatic N) is 1. The first-order valence-corrected chi connectivity index (χ1v) is 2.93. The predicted octanol–water partition coefficient (Wildman–Crippen LogP) is 0.369. The summed E-state index contributed by atoms with van der Waals surface area (Å²) in [4.78, 5) is 4.39. The van der Waals surface area contributed by atoms with Crippen LogP contribution in [0.2, 0.25) is 0 Å². The van der Waals surface area contributed by atoms with E-state index < -0.39 is 6.10 Å². The Kier molecular flexibility index (Phi) is 4.17. The quantitative estimate of drug-likeness (QED) is 0.356. The lowest BCUT2D eigenvalue weighted by atomic mass is 10.3. The molecule has 4 heteroatoms. The molecule has 3 nitrogen and oxygen atoms in total. The maximum absolute atomic E-state index is 8.83. The van der Waals surface area contributed by atoms with E-state index in [1.165, 1.54) is 12.5 Å². The van der Waals surface area contributed by atoms with Crippen molar-refractivity contribution in [2.45, 2.75) is 13.0 Å². The molecule has 0 radical (unpaired) electrons. The van der Waals surface area contributed by atoms with Crippen molar-refractivity contribution in [2.24, 2.45) is 5.16 Å². The highest BCUT2D eigenvalue weighted by atomic mass is 32.1. The average Bonchev–Trinajstić information content (AvgIpc) is 1.82. The molecule has 0 aromatic carbocycles. The summed E-state index contributed by atoms with van der Waals surface area (Å²) >= 11 is 4.52. The third-order valence-electron chi connectivity index (χ3n) is 0.745. The van der Waals surface area contributed by atoms with Crippen LogP contribution in [0.4, 0.5) is 0 Å². The molecular weight excluding hydrogens is 138 g/mol. The highest BCUT2D eigenvalue weighted by Gasteiger charge is 2.01. The molecule has 0 amide bonds. The maximum atomic E-state index is 8.83. The van der Waals surface area contributed by atoms with Crippen molar-refractivity contribution in [3.63, 3.8) is 0 Å². The fourth-order valence-electron chi connectivity index (χ4n) is 0.302. The molecule has 9 heavy (non-hydrogen) atoms. The molecule has 1 N–H and O–H groups in total. The van der Waals surface area contributed by atoms with Gasteiger partial charge in [0.05, 0.1) is 6.10 Å². The summed E-state index contributed by atoms with van der Waals surface area (Å²) in [5.74, 6) is 0. The van der Waals surface area contributed by atoms with E-state index in [2.05, 4.69) is 22.2 Å². The lowest BCUT2D eigenvalue weighted by Gasteiger charge is -1.99. The maximum Gasteiger partial charge on any atom is 0.119 e. The standard InChI is InChI=1S/C5H9NO2S/c1-4(7)5(3-9)6-8-2/h3-4,7H,1-2H3. The first-order valence-electron chi connectivity index (χ1n) is 2.46. The van der Waals surface area contributed by atoms with E-state index in [1.54, 1.807) is 6.92 Å². The van der Waals surface area contributed by atoms with Crippen LogP contribution < -0.4 is 0 Å². The molecule has 0 aliphatic rings. The average molecular weight is 147 g/mol. The lowest BCUT2D eigenvalue weighted by molar-refractivity contribution is 0.201. The van der Waals surface area contributed by atoms with Gasteiger partial charge in [-0.2, -0.15) is 0 Å². The molecule has 0 bridgehead atoms. The van der Waals surface area contributed by atoms with Gasteiger partial charge in [0, 0.05) is 5.37 Å². The van der Waals surface area contributed by atoms with Crippen LogP contribution in [0.15, 0.2) is 5.16 Å². The Balaban J connectivity index is 3.97. The van der Waals surface area contributed by atoms with Crippen LogP contribution in [0.3, 0.4) is 0 Å². The van der Waals surface area contributed by atoms with Crippen molar-refractivity contribution in [2.75, 3.05) is 7.11 Å². The number of rotatable bonds is 3. The van der Waals surface area contributed by atoms with E-state index in [9.17, 15) is 0 Å². The van der Waals surface area contributed by atoms with Crippen LogP contribution in [-0.4, -0.2) is 29.4 Å². The number of aliphatic hydroxyl groups is 1. The van der Waals surface area contributed by atoms with Gasteiger partial charge in [0.2, 0.25) is 0 Å². The third kappa shape index (κ3) is 3.16. The monoisotopic (exact) mass is 147 g/mol. The van der Waals surface area contributed by atoms with E-state index in [0.29, 0.717) is 5.71 Å². The second-order valence-electron chi connectivity index (χ2n) is 1.49. The molecule has 0 saturated heterocycles. The summed E-state index contributed by atoms with van der Waals surface area (Å²) in [6.45, 7) is 1.57. The fraction of sp³-hybridized carbons (Fsp3) is 0.600. The molecule has 0 aromatic rings. The number of thiocarbonyl (C=S) groups is 1. The van der Waals surface area contributed by atoms with Crippen LogP contribution in [0, 0.1) is 0 Å². The zero-order valence-corrected chi connectivity index (χ0v) is 6.18. The first-order chi connectivity index (χ1) is 4.22. The minimum absolute atomic E-state index is 0.368. The second-order valence-corrected chi connectivity index (χ2v) is 1.73. The number of hydrogen-bond donors (Lipinski definition) is 1. The van der Waals surface area contributed by atoms with Gasteiger partial charge < -0.3 is 9.94 Å². The van der Waals surface area contributed by atoms with Gasteiger partial charge in [-0.1, -0.05) is 17.4 Å². The highest BCUT2D eigenvalue weighted by molar-refractivity contribution is 7.80. The van der Waals surface area contributed by atoms with E-state index in [-0.39, 0.29) is 0 Å². The number of hydrogen-bond acceptors (Lipinski definition) is 4. The summed E-state index contributed by atoms with van der Waals surface area (Å²) in [5.41, 5.74) is 0.368. The zero-order valence-electron chi connectivity index (χ0n) is 5.37. The molecule has 52 valence electrons. The zero-order chi connectivity index (χ0) is 7.28. The van der Waals surface area contributed by atoms with Gasteiger partial charge in [0.1, 0.15) is 12.8 Å². The molecule has 0 rings (SSSR count). The molecule has 1 unspecified atom stereocenters. The Morgan fingerprint density at radius 3 is 2.56 bits per heavy atom. The molecule has 0 fully saturated rings. The van der Waals surface area contributed by atoms with Gasteiger partial charge in [-0.3, -0.25) is 0 Å². The normalized spacial score (nSPS) is 14.8. The van der Waals surface area contributed by atoms with Crippen molar-refractivity contribution in [3.8, 4) is 0 Å². The van der Waals surface area contributed by atoms with Gasteiger partial charge >= 0.3 is 0 Å². The summed E-state index contributed by atoms with van der Waals surface area (Å²) in [5, 5.41) is 13.6. The molecule has 0 aliphatic carbocycles. The minimum Gasteiger partial charge on any atom is -0.399 e. The molecule has 0 aromatic heterocycles. The highest BCUT2D eigenvalue weighted by Crippen LogP contribution is 1.85. The Hall–Kier alpha value is -0.480. The molecule has 0 saturated carbocycles. The van der Waals surface area contributed by atoms with Crippen molar-refractivity contribution in [1.82, 2.24) is 0 Å². The van der Waals surface area contributed by atoms with Crippen LogP contribution in [0.5, 0.6) is 0 Å². The Bertz CT molecular complexity index is 122. The summed E-state index contributed by atoms with van der Waals surface area (Å²) in [6.07, 6.45) is -0.651. The van der Waals surface area contributed by atoms with Gasteiger partial charge in [0.25, 0.3) is 0 Å². The Morgan fingerprint density at radius 1 is 1.89 bits per heavy atom. The van der Waals surface area contributed by atoms with E-state index in [4.69, 9.17) is 5.11 Å². The molecule has 0 aliphatic heterocycles. The van der Waals surface area contributed by atoms with Crippen molar-refractivity contribution >= 4 is 23.3 Å². The SMILES string of the molecule is CON=C(C=S)C(C)O.